The summed E-state index contributed by atoms with van der Waals surface area (Å²) < 4.78 is 0. The molecular weight excluding hydrogens is 312 g/mol. The predicted octanol–water partition coefficient (Wildman–Crippen LogP) is 10.0. The van der Waals surface area contributed by atoms with Crippen molar-refractivity contribution in [1.82, 2.24) is 0 Å². The molecule has 0 aromatic rings. The second kappa shape index (κ2) is 22.8. The van der Waals surface area contributed by atoms with E-state index in [1.165, 1.54) is 128 Å². The summed E-state index contributed by atoms with van der Waals surface area (Å²) in [6.45, 7) is 7.05. The first-order valence-corrected chi connectivity index (χ1v) is 12.5. The Kier molecular flexibility index (Phi) is 22.6. The van der Waals surface area contributed by atoms with Crippen LogP contribution >= 0.6 is 0 Å². The van der Waals surface area contributed by atoms with Gasteiger partial charge in [-0.3, -0.25) is 0 Å². The molecule has 1 atom stereocenters. The molecule has 156 valence electrons. The summed E-state index contributed by atoms with van der Waals surface area (Å²) in [5, 5.41) is 0. The summed E-state index contributed by atoms with van der Waals surface area (Å²) in [5.41, 5.74) is 0. The minimum absolute atomic E-state index is 0.962. The van der Waals surface area contributed by atoms with Crippen LogP contribution in [0.3, 0.4) is 0 Å². The van der Waals surface area contributed by atoms with Crippen LogP contribution in [0.5, 0.6) is 0 Å². The van der Waals surface area contributed by atoms with Gasteiger partial charge in [0.1, 0.15) is 0 Å². The SMILES string of the molecule is CCCCCCCC/C=C\CCCCCCCCC(C)CCCCCC. The van der Waals surface area contributed by atoms with E-state index in [0.29, 0.717) is 0 Å². The average molecular weight is 365 g/mol. The topological polar surface area (TPSA) is 0 Å². The van der Waals surface area contributed by atoms with Gasteiger partial charge in [0.2, 0.25) is 0 Å². The Morgan fingerprint density at radius 1 is 0.462 bits per heavy atom. The second-order valence-corrected chi connectivity index (χ2v) is 8.68. The average Bonchev–Trinajstić information content (AvgIpc) is 2.65. The fourth-order valence-corrected chi connectivity index (χ4v) is 3.80. The van der Waals surface area contributed by atoms with E-state index in [2.05, 4.69) is 32.9 Å². The van der Waals surface area contributed by atoms with Gasteiger partial charge in [-0.15, -0.1) is 0 Å². The van der Waals surface area contributed by atoms with Crippen molar-refractivity contribution >= 4 is 0 Å². The van der Waals surface area contributed by atoms with E-state index in [-0.39, 0.29) is 0 Å². The molecule has 0 radical (unpaired) electrons. The van der Waals surface area contributed by atoms with Crippen LogP contribution in [0.1, 0.15) is 149 Å². The molecule has 0 heteroatoms. The van der Waals surface area contributed by atoms with Crippen molar-refractivity contribution in [3.05, 3.63) is 12.2 Å². The van der Waals surface area contributed by atoms with Crippen LogP contribution in [-0.2, 0) is 0 Å². The van der Waals surface area contributed by atoms with Crippen molar-refractivity contribution in [3.8, 4) is 0 Å². The van der Waals surface area contributed by atoms with Crippen LogP contribution in [0.15, 0.2) is 12.2 Å². The highest BCUT2D eigenvalue weighted by molar-refractivity contribution is 4.81. The Hall–Kier alpha value is -0.260. The molecule has 0 aromatic carbocycles. The first kappa shape index (κ1) is 25.7. The van der Waals surface area contributed by atoms with Crippen molar-refractivity contribution in [1.29, 1.82) is 0 Å². The summed E-state index contributed by atoms with van der Waals surface area (Å²) in [7, 11) is 0. The number of rotatable bonds is 21. The highest BCUT2D eigenvalue weighted by Gasteiger charge is 2.01. The molecule has 0 amide bonds. The molecule has 0 spiro atoms. The van der Waals surface area contributed by atoms with Gasteiger partial charge in [0, 0.05) is 0 Å². The van der Waals surface area contributed by atoms with Gasteiger partial charge in [-0.05, 0) is 31.6 Å². The molecule has 1 unspecified atom stereocenters. The van der Waals surface area contributed by atoms with E-state index >= 15 is 0 Å². The van der Waals surface area contributed by atoms with Gasteiger partial charge < -0.3 is 0 Å². The van der Waals surface area contributed by atoms with Gasteiger partial charge in [0.15, 0.2) is 0 Å². The summed E-state index contributed by atoms with van der Waals surface area (Å²) in [5.74, 6) is 0.962. The molecule has 0 nitrogen and oxygen atoms in total. The third-order valence-electron chi connectivity index (χ3n) is 5.76. The van der Waals surface area contributed by atoms with Gasteiger partial charge in [0.25, 0.3) is 0 Å². The van der Waals surface area contributed by atoms with Gasteiger partial charge in [-0.2, -0.15) is 0 Å². The third kappa shape index (κ3) is 21.8. The molecule has 0 saturated heterocycles. The van der Waals surface area contributed by atoms with Crippen LogP contribution in [-0.4, -0.2) is 0 Å². The normalized spacial score (nSPS) is 12.9. The van der Waals surface area contributed by atoms with Gasteiger partial charge in [-0.25, -0.2) is 0 Å². The van der Waals surface area contributed by atoms with Crippen molar-refractivity contribution < 1.29 is 0 Å². The fourth-order valence-electron chi connectivity index (χ4n) is 3.80. The number of allylic oxidation sites excluding steroid dienone is 2. The lowest BCUT2D eigenvalue weighted by Crippen LogP contribution is -1.95. The van der Waals surface area contributed by atoms with Crippen LogP contribution in [0.4, 0.5) is 0 Å². The molecular formula is C26H52. The zero-order valence-electron chi connectivity index (χ0n) is 18.9. The first-order valence-electron chi connectivity index (χ1n) is 12.5. The largest absolute Gasteiger partial charge is 0.0885 e. The first-order chi connectivity index (χ1) is 12.8. The Morgan fingerprint density at radius 2 is 0.808 bits per heavy atom. The van der Waals surface area contributed by atoms with Gasteiger partial charge >= 0.3 is 0 Å². The monoisotopic (exact) mass is 364 g/mol. The van der Waals surface area contributed by atoms with Gasteiger partial charge in [0.05, 0.1) is 0 Å². The number of unbranched alkanes of at least 4 members (excludes halogenated alkanes) is 15. The number of hydrogen-bond acceptors (Lipinski definition) is 0. The zero-order chi connectivity index (χ0) is 19.1. The highest BCUT2D eigenvalue weighted by Crippen LogP contribution is 2.18. The molecule has 0 fully saturated rings. The van der Waals surface area contributed by atoms with Gasteiger partial charge in [-0.1, -0.05) is 136 Å². The Labute approximate surface area is 167 Å². The molecule has 0 aliphatic heterocycles. The maximum absolute atomic E-state index is 2.46. The summed E-state index contributed by atoms with van der Waals surface area (Å²) in [6, 6.07) is 0. The standard InChI is InChI=1S/C26H52/c1-4-6-8-10-11-12-13-14-15-16-17-18-19-20-21-23-25-26(3)24-22-9-7-5-2/h14-15,26H,4-13,16-25H2,1-3H3/b15-14-. The minimum atomic E-state index is 0.962. The molecule has 0 aromatic heterocycles. The Balaban J connectivity index is 3.15. The van der Waals surface area contributed by atoms with E-state index in [0.717, 1.165) is 5.92 Å². The highest BCUT2D eigenvalue weighted by atomic mass is 14.1. The van der Waals surface area contributed by atoms with Crippen LogP contribution in [0.2, 0.25) is 0 Å². The van der Waals surface area contributed by atoms with Crippen molar-refractivity contribution in [2.24, 2.45) is 5.92 Å². The van der Waals surface area contributed by atoms with Crippen LogP contribution in [0.25, 0.3) is 0 Å². The summed E-state index contributed by atoms with van der Waals surface area (Å²) >= 11 is 0. The molecule has 0 rings (SSSR count). The lowest BCUT2D eigenvalue weighted by molar-refractivity contribution is 0.433. The Bertz CT molecular complexity index is 265. The van der Waals surface area contributed by atoms with E-state index in [4.69, 9.17) is 0 Å². The summed E-state index contributed by atoms with van der Waals surface area (Å²) in [4.78, 5) is 0. The molecule has 0 heterocycles. The molecule has 0 aliphatic rings. The van der Waals surface area contributed by atoms with E-state index in [1.807, 2.05) is 0 Å². The quantitative estimate of drug-likeness (QED) is 0.140. The fraction of sp³-hybridized carbons (Fsp3) is 0.923. The lowest BCUT2D eigenvalue weighted by atomic mass is 9.96. The Morgan fingerprint density at radius 3 is 1.27 bits per heavy atom. The molecule has 0 aliphatic carbocycles. The van der Waals surface area contributed by atoms with E-state index in [1.54, 1.807) is 0 Å². The molecule has 0 saturated carbocycles. The van der Waals surface area contributed by atoms with Crippen molar-refractivity contribution in [3.63, 3.8) is 0 Å². The predicted molar refractivity (Wildman–Crippen MR) is 122 cm³/mol. The van der Waals surface area contributed by atoms with E-state index in [9.17, 15) is 0 Å². The van der Waals surface area contributed by atoms with Crippen molar-refractivity contribution in [2.75, 3.05) is 0 Å². The second-order valence-electron chi connectivity index (χ2n) is 8.68. The maximum Gasteiger partial charge on any atom is -0.0351 e. The van der Waals surface area contributed by atoms with Crippen molar-refractivity contribution in [2.45, 2.75) is 149 Å². The van der Waals surface area contributed by atoms with Crippen LogP contribution in [0, 0.1) is 5.92 Å². The molecule has 0 N–H and O–H groups in total. The van der Waals surface area contributed by atoms with Crippen LogP contribution < -0.4 is 0 Å². The van der Waals surface area contributed by atoms with E-state index < -0.39 is 0 Å². The maximum atomic E-state index is 2.46. The third-order valence-corrected chi connectivity index (χ3v) is 5.76. The summed E-state index contributed by atoms with van der Waals surface area (Å²) in [6.07, 6.45) is 33.3. The molecule has 26 heavy (non-hydrogen) atoms. The zero-order valence-corrected chi connectivity index (χ0v) is 18.9. The molecule has 0 bridgehead atoms. The lowest BCUT2D eigenvalue weighted by Gasteiger charge is -2.10. The smallest absolute Gasteiger partial charge is 0.0351 e. The minimum Gasteiger partial charge on any atom is -0.0885 e. The number of hydrogen-bond donors (Lipinski definition) is 0.